The summed E-state index contributed by atoms with van der Waals surface area (Å²) < 4.78 is 6.73. The number of benzene rings is 2. The van der Waals surface area contributed by atoms with Crippen molar-refractivity contribution in [3.8, 4) is 5.75 Å². The zero-order valence-corrected chi connectivity index (χ0v) is 19.5. The van der Waals surface area contributed by atoms with E-state index in [1.807, 2.05) is 49.4 Å². The largest absolute Gasteiger partial charge is 0.495 e. The summed E-state index contributed by atoms with van der Waals surface area (Å²) in [6.45, 7) is 1.94. The SMILES string of the molecule is COc1ccc(C)cc1NC(=O)Nc1ccccc1SCc1cc(=O)n2cc(Cl)ccc2n1. The van der Waals surface area contributed by atoms with Crippen LogP contribution in [0.15, 0.2) is 76.6 Å². The highest BCUT2D eigenvalue weighted by Gasteiger charge is 2.11. The lowest BCUT2D eigenvalue weighted by Crippen LogP contribution is -2.20. The number of pyridine rings is 1. The second-order valence-electron chi connectivity index (χ2n) is 7.23. The highest BCUT2D eigenvalue weighted by molar-refractivity contribution is 7.98. The average Bonchev–Trinajstić information content (AvgIpc) is 2.79. The molecule has 0 fully saturated rings. The molecule has 33 heavy (non-hydrogen) atoms. The molecule has 0 radical (unpaired) electrons. The van der Waals surface area contributed by atoms with Crippen LogP contribution in [0, 0.1) is 6.92 Å². The minimum Gasteiger partial charge on any atom is -0.495 e. The summed E-state index contributed by atoms with van der Waals surface area (Å²) in [5, 5.41) is 6.19. The molecule has 2 N–H and O–H groups in total. The lowest BCUT2D eigenvalue weighted by molar-refractivity contribution is 0.262. The van der Waals surface area contributed by atoms with E-state index >= 15 is 0 Å². The Hall–Kier alpha value is -3.49. The van der Waals surface area contributed by atoms with Crippen LogP contribution in [0.2, 0.25) is 5.02 Å². The number of anilines is 2. The predicted octanol–water partition coefficient (Wildman–Crippen LogP) is 5.60. The van der Waals surface area contributed by atoms with Gasteiger partial charge in [-0.15, -0.1) is 11.8 Å². The average molecular weight is 481 g/mol. The number of para-hydroxylation sites is 1. The normalized spacial score (nSPS) is 10.8. The second kappa shape index (κ2) is 9.97. The fourth-order valence-corrected chi connectivity index (χ4v) is 4.30. The number of nitrogens with one attached hydrogen (secondary N) is 2. The molecule has 2 amide bonds. The maximum Gasteiger partial charge on any atom is 0.323 e. The van der Waals surface area contributed by atoms with Gasteiger partial charge in [-0.25, -0.2) is 9.78 Å². The molecule has 0 aliphatic heterocycles. The fraction of sp³-hybridized carbons (Fsp3) is 0.125. The van der Waals surface area contributed by atoms with Gasteiger partial charge in [0, 0.05) is 22.9 Å². The Bertz CT molecular complexity index is 1390. The van der Waals surface area contributed by atoms with E-state index in [4.69, 9.17) is 16.3 Å². The Kier molecular flexibility index (Phi) is 6.86. The molecule has 2 aromatic carbocycles. The number of urea groups is 1. The number of carbonyl (C=O) groups excluding carboxylic acids is 1. The topological polar surface area (TPSA) is 84.7 Å². The van der Waals surface area contributed by atoms with E-state index < -0.39 is 0 Å². The number of rotatable bonds is 6. The van der Waals surface area contributed by atoms with Crippen LogP contribution in [0.4, 0.5) is 16.2 Å². The molecule has 0 bridgehead atoms. The van der Waals surface area contributed by atoms with E-state index in [-0.39, 0.29) is 11.6 Å². The quantitative estimate of drug-likeness (QED) is 0.351. The summed E-state index contributed by atoms with van der Waals surface area (Å²) in [6.07, 6.45) is 1.55. The molecule has 0 aliphatic carbocycles. The van der Waals surface area contributed by atoms with Crippen LogP contribution in [0.5, 0.6) is 5.75 Å². The van der Waals surface area contributed by atoms with Crippen LogP contribution in [0.1, 0.15) is 11.3 Å². The minimum atomic E-state index is -0.383. The number of ether oxygens (including phenoxy) is 1. The van der Waals surface area contributed by atoms with Crippen LogP contribution < -0.4 is 20.9 Å². The minimum absolute atomic E-state index is 0.198. The number of carbonyl (C=O) groups is 1. The number of aryl methyl sites for hydroxylation is 1. The first kappa shape index (κ1) is 22.7. The van der Waals surface area contributed by atoms with Gasteiger partial charge >= 0.3 is 6.03 Å². The van der Waals surface area contributed by atoms with Gasteiger partial charge in [-0.2, -0.15) is 0 Å². The van der Waals surface area contributed by atoms with Crippen LogP contribution in [-0.4, -0.2) is 22.5 Å². The highest BCUT2D eigenvalue weighted by Crippen LogP contribution is 2.30. The van der Waals surface area contributed by atoms with Crippen molar-refractivity contribution in [3.05, 3.63) is 93.5 Å². The Labute approximate surface area is 199 Å². The Balaban J connectivity index is 1.48. The number of fused-ring (bicyclic) bond motifs is 1. The van der Waals surface area contributed by atoms with Crippen molar-refractivity contribution in [3.63, 3.8) is 0 Å². The Morgan fingerprint density at radius 2 is 1.88 bits per heavy atom. The van der Waals surface area contributed by atoms with Crippen molar-refractivity contribution in [2.45, 2.75) is 17.6 Å². The molecule has 0 atom stereocenters. The van der Waals surface area contributed by atoms with E-state index in [0.717, 1.165) is 10.5 Å². The molecule has 2 aromatic heterocycles. The van der Waals surface area contributed by atoms with Crippen LogP contribution in [-0.2, 0) is 5.75 Å². The zero-order valence-electron chi connectivity index (χ0n) is 18.0. The Morgan fingerprint density at radius 3 is 2.70 bits per heavy atom. The molecule has 0 aliphatic rings. The molecule has 168 valence electrons. The van der Waals surface area contributed by atoms with Crippen LogP contribution >= 0.6 is 23.4 Å². The van der Waals surface area contributed by atoms with Gasteiger partial charge < -0.3 is 15.4 Å². The van der Waals surface area contributed by atoms with Crippen LogP contribution in [0.25, 0.3) is 5.65 Å². The standard InChI is InChI=1S/C24H21ClN4O3S/c1-15-7-9-20(32-2)19(11-15)28-24(31)27-18-5-3-4-6-21(18)33-14-17-12-23(30)29-13-16(25)8-10-22(29)26-17/h3-13H,14H2,1-2H3,(H2,27,28,31). The van der Waals surface area contributed by atoms with Gasteiger partial charge in [-0.1, -0.05) is 29.8 Å². The van der Waals surface area contributed by atoms with Gasteiger partial charge in [-0.05, 0) is 48.9 Å². The van der Waals surface area contributed by atoms with Gasteiger partial charge in [0.25, 0.3) is 5.56 Å². The maximum absolute atomic E-state index is 12.7. The van der Waals surface area contributed by atoms with Crippen molar-refractivity contribution >= 4 is 46.4 Å². The third kappa shape index (κ3) is 5.47. The zero-order chi connectivity index (χ0) is 23.4. The second-order valence-corrected chi connectivity index (χ2v) is 8.68. The molecule has 0 saturated heterocycles. The monoisotopic (exact) mass is 480 g/mol. The molecule has 9 heteroatoms. The maximum atomic E-state index is 12.7. The number of amides is 2. The van der Waals surface area contributed by atoms with Gasteiger partial charge in [0.05, 0.1) is 29.2 Å². The smallest absolute Gasteiger partial charge is 0.323 e. The fourth-order valence-electron chi connectivity index (χ4n) is 3.24. The summed E-state index contributed by atoms with van der Waals surface area (Å²) in [5.41, 5.74) is 3.20. The molecular weight excluding hydrogens is 460 g/mol. The third-order valence-corrected chi connectivity index (χ3v) is 6.12. The molecule has 4 aromatic rings. The first-order valence-corrected chi connectivity index (χ1v) is 11.4. The van der Waals surface area contributed by atoms with E-state index in [9.17, 15) is 9.59 Å². The molecular formula is C24H21ClN4O3S. The number of hydrogen-bond acceptors (Lipinski definition) is 5. The van der Waals surface area contributed by atoms with Crippen LogP contribution in [0.3, 0.4) is 0 Å². The summed E-state index contributed by atoms with van der Waals surface area (Å²) in [5.74, 6) is 1.04. The van der Waals surface area contributed by atoms with E-state index in [2.05, 4.69) is 15.6 Å². The Morgan fingerprint density at radius 1 is 1.09 bits per heavy atom. The lowest BCUT2D eigenvalue weighted by Gasteiger charge is -2.14. The number of aromatic nitrogens is 2. The van der Waals surface area contributed by atoms with Crippen molar-refractivity contribution in [1.82, 2.24) is 9.38 Å². The van der Waals surface area contributed by atoms with Gasteiger partial charge in [0.1, 0.15) is 11.4 Å². The molecule has 0 unspecified atom stereocenters. The highest BCUT2D eigenvalue weighted by atomic mass is 35.5. The molecule has 2 heterocycles. The van der Waals surface area contributed by atoms with Gasteiger partial charge in [0.15, 0.2) is 0 Å². The predicted molar refractivity (Wildman–Crippen MR) is 133 cm³/mol. The number of halogens is 1. The molecule has 4 rings (SSSR count). The summed E-state index contributed by atoms with van der Waals surface area (Å²) in [4.78, 5) is 30.4. The third-order valence-electron chi connectivity index (χ3n) is 4.79. The van der Waals surface area contributed by atoms with Crippen molar-refractivity contribution in [1.29, 1.82) is 0 Å². The van der Waals surface area contributed by atoms with E-state index in [1.165, 1.54) is 22.2 Å². The van der Waals surface area contributed by atoms with E-state index in [1.54, 1.807) is 25.4 Å². The van der Waals surface area contributed by atoms with Gasteiger partial charge in [0.2, 0.25) is 0 Å². The number of hydrogen-bond donors (Lipinski definition) is 2. The van der Waals surface area contributed by atoms with Crippen molar-refractivity contribution < 1.29 is 9.53 Å². The summed E-state index contributed by atoms with van der Waals surface area (Å²) in [7, 11) is 1.56. The number of methoxy groups -OCH3 is 1. The summed E-state index contributed by atoms with van der Waals surface area (Å²) in [6, 6.07) is 17.5. The molecule has 7 nitrogen and oxygen atoms in total. The first-order valence-electron chi connectivity index (χ1n) is 10.1. The van der Waals surface area contributed by atoms with Crippen molar-refractivity contribution in [2.75, 3.05) is 17.7 Å². The molecule has 0 saturated carbocycles. The summed E-state index contributed by atoms with van der Waals surface area (Å²) >= 11 is 7.44. The van der Waals surface area contributed by atoms with Gasteiger partial charge in [-0.3, -0.25) is 9.20 Å². The van der Waals surface area contributed by atoms with E-state index in [0.29, 0.717) is 39.2 Å². The first-order chi connectivity index (χ1) is 15.9. The lowest BCUT2D eigenvalue weighted by atomic mass is 10.2. The number of thioether (sulfide) groups is 1. The number of nitrogens with zero attached hydrogens (tertiary/aromatic N) is 2. The molecule has 0 spiro atoms. The van der Waals surface area contributed by atoms with Crippen molar-refractivity contribution in [2.24, 2.45) is 0 Å².